The van der Waals surface area contributed by atoms with Crippen molar-refractivity contribution in [1.29, 1.82) is 0 Å². The van der Waals surface area contributed by atoms with E-state index in [9.17, 15) is 0 Å². The van der Waals surface area contributed by atoms with Crippen LogP contribution in [-0.4, -0.2) is 9.13 Å². The maximum atomic E-state index is 2.41. The zero-order chi connectivity index (χ0) is 35.5. The molecule has 0 aliphatic heterocycles. The lowest BCUT2D eigenvalue weighted by molar-refractivity contribution is 1.14. The van der Waals surface area contributed by atoms with Gasteiger partial charge in [-0.1, -0.05) is 114 Å². The Morgan fingerprint density at radius 2 is 0.679 bits per heavy atom. The number of nitrogens with zero attached hydrogens (tertiary/aromatic N) is 3. The molecule has 3 nitrogen and oxygen atoms in total. The van der Waals surface area contributed by atoms with Crippen molar-refractivity contribution < 1.29 is 0 Å². The summed E-state index contributed by atoms with van der Waals surface area (Å²) in [4.78, 5) is 2.33. The molecule has 8 aromatic carbocycles. The minimum absolute atomic E-state index is 1.12. The van der Waals surface area contributed by atoms with Gasteiger partial charge in [0.1, 0.15) is 0 Å². The predicted molar refractivity (Wildman–Crippen MR) is 225 cm³/mol. The Morgan fingerprint density at radius 1 is 0.321 bits per heavy atom. The Morgan fingerprint density at radius 3 is 1.13 bits per heavy atom. The highest BCUT2D eigenvalue weighted by Gasteiger charge is 2.17. The molecule has 0 amide bonds. The fraction of sp³-hybridized carbons (Fsp3) is 0.0400. The van der Waals surface area contributed by atoms with E-state index < -0.39 is 0 Å². The van der Waals surface area contributed by atoms with Crippen LogP contribution in [0.1, 0.15) is 11.1 Å². The zero-order valence-electron chi connectivity index (χ0n) is 29.7. The molecule has 53 heavy (non-hydrogen) atoms. The van der Waals surface area contributed by atoms with Crippen LogP contribution in [0.5, 0.6) is 0 Å². The maximum absolute atomic E-state index is 2.41. The summed E-state index contributed by atoms with van der Waals surface area (Å²) < 4.78 is 4.79. The lowest BCUT2D eigenvalue weighted by Gasteiger charge is -2.26. The van der Waals surface area contributed by atoms with Gasteiger partial charge in [-0.05, 0) is 110 Å². The molecule has 0 saturated carbocycles. The topological polar surface area (TPSA) is 13.1 Å². The second kappa shape index (κ2) is 12.4. The molecule has 2 heterocycles. The van der Waals surface area contributed by atoms with Crippen LogP contribution in [0.15, 0.2) is 188 Å². The van der Waals surface area contributed by atoms with Gasteiger partial charge in [-0.15, -0.1) is 0 Å². The summed E-state index contributed by atoms with van der Waals surface area (Å²) >= 11 is 0. The van der Waals surface area contributed by atoms with E-state index in [-0.39, 0.29) is 0 Å². The average molecular weight is 680 g/mol. The summed E-state index contributed by atoms with van der Waals surface area (Å²) in [6, 6.07) is 68.5. The summed E-state index contributed by atoms with van der Waals surface area (Å²) in [5, 5.41) is 5.04. The van der Waals surface area contributed by atoms with Crippen molar-refractivity contribution in [2.45, 2.75) is 13.8 Å². The summed E-state index contributed by atoms with van der Waals surface area (Å²) in [7, 11) is 0. The van der Waals surface area contributed by atoms with E-state index in [2.05, 4.69) is 216 Å². The van der Waals surface area contributed by atoms with Crippen molar-refractivity contribution in [2.75, 3.05) is 4.90 Å². The van der Waals surface area contributed by atoms with E-state index in [1.807, 2.05) is 0 Å². The smallest absolute Gasteiger partial charge is 0.0547 e. The molecule has 10 aromatic rings. The van der Waals surface area contributed by atoms with Crippen LogP contribution in [0.3, 0.4) is 0 Å². The zero-order valence-corrected chi connectivity index (χ0v) is 29.7. The van der Waals surface area contributed by atoms with Crippen LogP contribution in [-0.2, 0) is 0 Å². The van der Waals surface area contributed by atoms with Gasteiger partial charge in [0.25, 0.3) is 0 Å². The quantitative estimate of drug-likeness (QED) is 0.170. The summed E-state index contributed by atoms with van der Waals surface area (Å²) in [6.45, 7) is 4.26. The molecule has 0 aliphatic rings. The lowest BCUT2D eigenvalue weighted by atomic mass is 10.0. The molecule has 0 fully saturated rings. The first kappa shape index (κ1) is 30.9. The number of aromatic nitrogens is 2. The van der Waals surface area contributed by atoms with Crippen LogP contribution in [0.25, 0.3) is 66.1 Å². The Balaban J connectivity index is 1.06. The van der Waals surface area contributed by atoms with Gasteiger partial charge in [0, 0.05) is 50.0 Å². The summed E-state index contributed by atoms with van der Waals surface area (Å²) in [5.41, 5.74) is 15.4. The van der Waals surface area contributed by atoms with Crippen molar-refractivity contribution >= 4 is 60.7 Å². The number of fused-ring (bicyclic) bond motifs is 6. The molecule has 0 unspecified atom stereocenters. The number of aryl methyl sites for hydroxylation is 2. The molecule has 0 N–H and O–H groups in total. The van der Waals surface area contributed by atoms with Gasteiger partial charge in [-0.3, -0.25) is 0 Å². The van der Waals surface area contributed by atoms with Gasteiger partial charge in [-0.2, -0.15) is 0 Å². The highest BCUT2D eigenvalue weighted by atomic mass is 15.1. The Bertz CT molecular complexity index is 2830. The molecule has 0 atom stereocenters. The van der Waals surface area contributed by atoms with Crippen LogP contribution in [0, 0.1) is 13.8 Å². The van der Waals surface area contributed by atoms with Gasteiger partial charge in [-0.25, -0.2) is 0 Å². The minimum Gasteiger partial charge on any atom is -0.311 e. The molecule has 252 valence electrons. The van der Waals surface area contributed by atoms with Crippen molar-refractivity contribution in [3.63, 3.8) is 0 Å². The number of anilines is 3. The molecule has 10 rings (SSSR count). The Labute approximate surface area is 309 Å². The van der Waals surface area contributed by atoms with Crippen molar-refractivity contribution in [3.05, 3.63) is 199 Å². The number of rotatable bonds is 6. The van der Waals surface area contributed by atoms with Gasteiger partial charge in [0.2, 0.25) is 0 Å². The van der Waals surface area contributed by atoms with Crippen LogP contribution < -0.4 is 4.90 Å². The standard InChI is InChI=1S/C50H37N3/c1-34-15-22-38(23-16-34)51(39-24-17-35(2)18-25-39)40-26-19-36(20-27-40)37-21-32-46-45-11-5-8-14-49(45)53(50(46)33-37)42-30-28-41(29-31-42)52-47-12-6-3-9-43(47)44-10-4-7-13-48(44)52/h3-33H,1-2H3. The molecule has 0 aliphatic carbocycles. The van der Waals surface area contributed by atoms with Crippen LogP contribution in [0.4, 0.5) is 17.1 Å². The van der Waals surface area contributed by atoms with Crippen molar-refractivity contribution in [2.24, 2.45) is 0 Å². The normalized spacial score (nSPS) is 11.6. The molecular formula is C50H37N3. The van der Waals surface area contributed by atoms with Gasteiger partial charge in [0.05, 0.1) is 22.1 Å². The lowest BCUT2D eigenvalue weighted by Crippen LogP contribution is -2.09. The number of benzene rings is 8. The third-order valence-corrected chi connectivity index (χ3v) is 10.7. The second-order valence-electron chi connectivity index (χ2n) is 14.0. The average Bonchev–Trinajstić information content (AvgIpc) is 3.72. The molecule has 2 aromatic heterocycles. The molecule has 0 radical (unpaired) electrons. The number of para-hydroxylation sites is 3. The molecule has 0 spiro atoms. The van der Waals surface area contributed by atoms with E-state index in [0.717, 1.165) is 28.4 Å². The SMILES string of the molecule is Cc1ccc(N(c2ccc(C)cc2)c2ccc(-c3ccc4c5ccccc5n(-c5ccc(-n6c7ccccc7c7ccccc76)cc5)c4c3)cc2)cc1. The van der Waals surface area contributed by atoms with Crippen LogP contribution in [0.2, 0.25) is 0 Å². The largest absolute Gasteiger partial charge is 0.311 e. The molecule has 0 saturated heterocycles. The highest BCUT2D eigenvalue weighted by molar-refractivity contribution is 6.11. The summed E-state index contributed by atoms with van der Waals surface area (Å²) in [6.07, 6.45) is 0. The minimum atomic E-state index is 1.12. The second-order valence-corrected chi connectivity index (χ2v) is 14.0. The van der Waals surface area contributed by atoms with Crippen molar-refractivity contribution in [1.82, 2.24) is 9.13 Å². The van der Waals surface area contributed by atoms with Gasteiger partial charge < -0.3 is 14.0 Å². The van der Waals surface area contributed by atoms with E-state index >= 15 is 0 Å². The van der Waals surface area contributed by atoms with Crippen molar-refractivity contribution in [3.8, 4) is 22.5 Å². The van der Waals surface area contributed by atoms with E-state index in [1.54, 1.807) is 0 Å². The van der Waals surface area contributed by atoms with E-state index in [1.165, 1.54) is 65.9 Å². The Hall–Kier alpha value is -6.84. The number of hydrogen-bond donors (Lipinski definition) is 0. The third kappa shape index (κ3) is 5.20. The van der Waals surface area contributed by atoms with E-state index in [0.29, 0.717) is 0 Å². The molecule has 0 bridgehead atoms. The first-order valence-corrected chi connectivity index (χ1v) is 18.3. The first-order chi connectivity index (χ1) is 26.1. The van der Waals surface area contributed by atoms with Gasteiger partial charge in [0.15, 0.2) is 0 Å². The fourth-order valence-electron chi connectivity index (χ4n) is 8.02. The monoisotopic (exact) mass is 679 g/mol. The maximum Gasteiger partial charge on any atom is 0.0547 e. The molecule has 3 heteroatoms. The summed E-state index contributed by atoms with van der Waals surface area (Å²) in [5.74, 6) is 0. The van der Waals surface area contributed by atoms with Gasteiger partial charge >= 0.3 is 0 Å². The highest BCUT2D eigenvalue weighted by Crippen LogP contribution is 2.39. The van der Waals surface area contributed by atoms with Crippen LogP contribution >= 0.6 is 0 Å². The first-order valence-electron chi connectivity index (χ1n) is 18.3. The third-order valence-electron chi connectivity index (χ3n) is 10.7. The Kier molecular flexibility index (Phi) is 7.26. The molecular weight excluding hydrogens is 643 g/mol. The predicted octanol–water partition coefficient (Wildman–Crippen LogP) is 13.6. The number of hydrogen-bond acceptors (Lipinski definition) is 1. The fourth-order valence-corrected chi connectivity index (χ4v) is 8.02. The van der Waals surface area contributed by atoms with E-state index in [4.69, 9.17) is 0 Å².